The zero-order valence-electron chi connectivity index (χ0n) is 8.22. The maximum absolute atomic E-state index is 9.82. The summed E-state index contributed by atoms with van der Waals surface area (Å²) in [5.41, 5.74) is 0.392. The monoisotopic (exact) mass is 248 g/mol. The number of ether oxygens (including phenoxy) is 1. The highest BCUT2D eigenvalue weighted by Gasteiger charge is 2.23. The van der Waals surface area contributed by atoms with Crippen LogP contribution in [0.5, 0.6) is 5.75 Å². The van der Waals surface area contributed by atoms with E-state index < -0.39 is 12.2 Å². The molecule has 0 aliphatic heterocycles. The van der Waals surface area contributed by atoms with Crippen molar-refractivity contribution in [1.29, 1.82) is 0 Å². The van der Waals surface area contributed by atoms with Gasteiger partial charge in [0.2, 0.25) is 0 Å². The molecule has 2 atom stereocenters. The van der Waals surface area contributed by atoms with Crippen LogP contribution in [0.3, 0.4) is 0 Å². The number of aliphatic hydroxyl groups excluding tert-OH is 2. The number of rotatable bonds is 4. The van der Waals surface area contributed by atoms with Crippen molar-refractivity contribution in [1.82, 2.24) is 0 Å². The highest BCUT2D eigenvalue weighted by Crippen LogP contribution is 2.33. The predicted molar refractivity (Wildman–Crippen MR) is 62.8 cm³/mol. The molecule has 0 heterocycles. The van der Waals surface area contributed by atoms with Gasteiger partial charge in [0.1, 0.15) is 11.9 Å². The van der Waals surface area contributed by atoms with Crippen LogP contribution < -0.4 is 4.74 Å². The summed E-state index contributed by atoms with van der Waals surface area (Å²) in [5.74, 6) is 0.603. The van der Waals surface area contributed by atoms with E-state index in [9.17, 15) is 10.2 Å². The first-order valence-corrected chi connectivity index (χ1v) is 5.42. The standard InChI is InChI=1S/C10H13ClO3S/c1-14-8-4-2-3-6(11)9(8)10(13)7(12)5-15/h2-4,7,10,12-13,15H,5H2,1H3. The van der Waals surface area contributed by atoms with Crippen LogP contribution in [-0.2, 0) is 0 Å². The zero-order valence-corrected chi connectivity index (χ0v) is 9.87. The second-order valence-corrected chi connectivity index (χ2v) is 3.82. The van der Waals surface area contributed by atoms with Crippen LogP contribution in [0.15, 0.2) is 18.2 Å². The molecule has 0 aliphatic carbocycles. The van der Waals surface area contributed by atoms with E-state index in [1.807, 2.05) is 0 Å². The number of methoxy groups -OCH3 is 1. The third-order valence-corrected chi connectivity index (χ3v) is 2.78. The first-order valence-electron chi connectivity index (χ1n) is 4.41. The topological polar surface area (TPSA) is 49.7 Å². The van der Waals surface area contributed by atoms with E-state index in [0.717, 1.165) is 0 Å². The molecule has 1 rings (SSSR count). The summed E-state index contributed by atoms with van der Waals surface area (Å²) >= 11 is 9.84. The molecule has 0 aromatic heterocycles. The lowest BCUT2D eigenvalue weighted by atomic mass is 10.0. The van der Waals surface area contributed by atoms with Gasteiger partial charge in [-0.3, -0.25) is 0 Å². The molecule has 0 spiro atoms. The summed E-state index contributed by atoms with van der Waals surface area (Å²) in [4.78, 5) is 0. The molecule has 0 fully saturated rings. The average Bonchev–Trinajstić information content (AvgIpc) is 2.26. The van der Waals surface area contributed by atoms with Crippen molar-refractivity contribution in [3.8, 4) is 5.75 Å². The van der Waals surface area contributed by atoms with E-state index >= 15 is 0 Å². The Morgan fingerprint density at radius 1 is 1.47 bits per heavy atom. The first-order chi connectivity index (χ1) is 7.11. The van der Waals surface area contributed by atoms with Crippen molar-refractivity contribution in [2.45, 2.75) is 12.2 Å². The summed E-state index contributed by atoms with van der Waals surface area (Å²) in [7, 11) is 1.48. The van der Waals surface area contributed by atoms with Crippen LogP contribution in [0.25, 0.3) is 0 Å². The maximum atomic E-state index is 9.82. The van der Waals surface area contributed by atoms with Crippen molar-refractivity contribution in [3.63, 3.8) is 0 Å². The largest absolute Gasteiger partial charge is 0.496 e. The van der Waals surface area contributed by atoms with E-state index in [1.165, 1.54) is 7.11 Å². The van der Waals surface area contributed by atoms with Gasteiger partial charge in [0.05, 0.1) is 18.2 Å². The highest BCUT2D eigenvalue weighted by molar-refractivity contribution is 7.80. The Hall–Kier alpha value is -0.420. The summed E-state index contributed by atoms with van der Waals surface area (Å²) < 4.78 is 5.06. The Bertz CT molecular complexity index is 332. The van der Waals surface area contributed by atoms with E-state index in [2.05, 4.69) is 12.6 Å². The van der Waals surface area contributed by atoms with Crippen LogP contribution in [0.1, 0.15) is 11.7 Å². The Kier molecular flexibility index (Phi) is 4.73. The summed E-state index contributed by atoms with van der Waals surface area (Å²) in [5, 5.41) is 19.7. The van der Waals surface area contributed by atoms with E-state index in [0.29, 0.717) is 16.3 Å². The second-order valence-electron chi connectivity index (χ2n) is 3.05. The van der Waals surface area contributed by atoms with Crippen molar-refractivity contribution in [2.75, 3.05) is 12.9 Å². The van der Waals surface area contributed by atoms with Gasteiger partial charge in [-0.25, -0.2) is 0 Å². The molecule has 1 aromatic carbocycles. The average molecular weight is 249 g/mol. The van der Waals surface area contributed by atoms with Crippen LogP contribution in [-0.4, -0.2) is 29.2 Å². The quantitative estimate of drug-likeness (QED) is 0.711. The van der Waals surface area contributed by atoms with Gasteiger partial charge in [0.25, 0.3) is 0 Å². The maximum Gasteiger partial charge on any atom is 0.126 e. The molecular weight excluding hydrogens is 236 g/mol. The number of hydrogen-bond acceptors (Lipinski definition) is 4. The molecule has 0 radical (unpaired) electrons. The third kappa shape index (κ3) is 2.78. The molecule has 84 valence electrons. The van der Waals surface area contributed by atoms with E-state index in [4.69, 9.17) is 16.3 Å². The number of halogens is 1. The molecule has 5 heteroatoms. The van der Waals surface area contributed by atoms with Gasteiger partial charge in [-0.15, -0.1) is 0 Å². The number of hydrogen-bond donors (Lipinski definition) is 3. The number of aliphatic hydroxyl groups is 2. The predicted octanol–water partition coefficient (Wildman–Crippen LogP) is 1.67. The number of benzene rings is 1. The lowest BCUT2D eigenvalue weighted by Crippen LogP contribution is -2.20. The smallest absolute Gasteiger partial charge is 0.126 e. The molecule has 2 N–H and O–H groups in total. The molecule has 0 saturated carbocycles. The van der Waals surface area contributed by atoms with Gasteiger partial charge in [0, 0.05) is 11.3 Å². The van der Waals surface area contributed by atoms with Gasteiger partial charge in [-0.05, 0) is 12.1 Å². The van der Waals surface area contributed by atoms with Crippen molar-refractivity contribution in [3.05, 3.63) is 28.8 Å². The van der Waals surface area contributed by atoms with Crippen LogP contribution in [0.4, 0.5) is 0 Å². The summed E-state index contributed by atoms with van der Waals surface area (Å²) in [6.07, 6.45) is -2.06. The second kappa shape index (κ2) is 5.61. The van der Waals surface area contributed by atoms with Gasteiger partial charge < -0.3 is 14.9 Å². The fourth-order valence-electron chi connectivity index (χ4n) is 1.27. The highest BCUT2D eigenvalue weighted by atomic mass is 35.5. The lowest BCUT2D eigenvalue weighted by molar-refractivity contribution is 0.0323. The molecule has 0 aliphatic rings. The van der Waals surface area contributed by atoms with Gasteiger partial charge in [0.15, 0.2) is 0 Å². The molecule has 3 nitrogen and oxygen atoms in total. The van der Waals surface area contributed by atoms with Crippen LogP contribution >= 0.6 is 24.2 Å². The van der Waals surface area contributed by atoms with Crippen molar-refractivity contribution in [2.24, 2.45) is 0 Å². The number of thiol groups is 1. The fourth-order valence-corrected chi connectivity index (χ4v) is 1.75. The lowest BCUT2D eigenvalue weighted by Gasteiger charge is -2.19. The minimum atomic E-state index is -1.09. The van der Waals surface area contributed by atoms with Crippen molar-refractivity contribution < 1.29 is 14.9 Å². The molecular formula is C10H13ClO3S. The molecule has 0 bridgehead atoms. The molecule has 2 unspecified atom stereocenters. The minimum Gasteiger partial charge on any atom is -0.496 e. The summed E-state index contributed by atoms with van der Waals surface area (Å²) in [6, 6.07) is 5.02. The zero-order chi connectivity index (χ0) is 11.4. The van der Waals surface area contributed by atoms with E-state index in [1.54, 1.807) is 18.2 Å². The van der Waals surface area contributed by atoms with Gasteiger partial charge in [-0.1, -0.05) is 17.7 Å². The normalized spacial score (nSPS) is 14.7. The Morgan fingerprint density at radius 3 is 2.67 bits per heavy atom. The summed E-state index contributed by atoms with van der Waals surface area (Å²) in [6.45, 7) is 0. The molecule has 0 amide bonds. The Morgan fingerprint density at radius 2 is 2.13 bits per heavy atom. The molecule has 15 heavy (non-hydrogen) atoms. The first kappa shape index (κ1) is 12.6. The minimum absolute atomic E-state index is 0.148. The fraction of sp³-hybridized carbons (Fsp3) is 0.400. The third-order valence-electron chi connectivity index (χ3n) is 2.08. The van der Waals surface area contributed by atoms with Gasteiger partial charge in [-0.2, -0.15) is 12.6 Å². The van der Waals surface area contributed by atoms with Gasteiger partial charge >= 0.3 is 0 Å². The van der Waals surface area contributed by atoms with Crippen LogP contribution in [0, 0.1) is 0 Å². The van der Waals surface area contributed by atoms with Crippen LogP contribution in [0.2, 0.25) is 5.02 Å². The molecule has 0 saturated heterocycles. The Labute approximate surface area is 99.1 Å². The van der Waals surface area contributed by atoms with Crippen molar-refractivity contribution >= 4 is 24.2 Å². The van der Waals surface area contributed by atoms with E-state index in [-0.39, 0.29) is 5.75 Å². The SMILES string of the molecule is COc1cccc(Cl)c1C(O)C(O)CS. The molecule has 1 aromatic rings. The Balaban J connectivity index is 3.10.